The largest absolute Gasteiger partial charge is 0.481 e. The van der Waals surface area contributed by atoms with Crippen LogP contribution in [0.3, 0.4) is 0 Å². The fraction of sp³-hybridized carbons (Fsp3) is 0.700. The van der Waals surface area contributed by atoms with Gasteiger partial charge < -0.3 is 31.5 Å². The molecule has 0 radical (unpaired) electrons. The van der Waals surface area contributed by atoms with Crippen LogP contribution < -0.4 is 21.3 Å². The summed E-state index contributed by atoms with van der Waals surface area (Å²) in [5, 5.41) is 27.3. The number of carbonyl (C=O) groups excluding carboxylic acids is 4. The Morgan fingerprint density at radius 3 is 1.59 bits per heavy atom. The third-order valence-electron chi connectivity index (χ3n) is 4.06. The minimum absolute atomic E-state index is 0.113. The Morgan fingerprint density at radius 1 is 0.750 bits per heavy atom. The monoisotopic (exact) mass is 458 g/mol. The fourth-order valence-corrected chi connectivity index (χ4v) is 2.63. The molecule has 0 aliphatic rings. The van der Waals surface area contributed by atoms with Crippen molar-refractivity contribution in [3.63, 3.8) is 0 Å². The molecule has 0 saturated heterocycles. The molecular weight excluding hydrogens is 424 g/mol. The number of carboxylic acid groups (broad SMARTS) is 2. The SMILES string of the molecule is CCNC(=O)C(CCC(=O)O)NC(=O)CNC(=O)C(CCC(=O)O)NC(=O)CC(C)(C)C. The van der Waals surface area contributed by atoms with E-state index in [1.165, 1.54) is 0 Å². The Labute approximate surface area is 186 Å². The summed E-state index contributed by atoms with van der Waals surface area (Å²) in [7, 11) is 0. The van der Waals surface area contributed by atoms with Crippen LogP contribution in [-0.4, -0.2) is 71.0 Å². The molecule has 0 aliphatic heterocycles. The Hall–Kier alpha value is -3.18. The molecule has 6 N–H and O–H groups in total. The van der Waals surface area contributed by atoms with Crippen LogP contribution in [0.4, 0.5) is 0 Å². The lowest BCUT2D eigenvalue weighted by atomic mass is 9.91. The van der Waals surface area contributed by atoms with Gasteiger partial charge >= 0.3 is 11.9 Å². The number of hydrogen-bond donors (Lipinski definition) is 6. The molecule has 32 heavy (non-hydrogen) atoms. The maximum atomic E-state index is 12.4. The van der Waals surface area contributed by atoms with Gasteiger partial charge in [0.05, 0.1) is 6.54 Å². The summed E-state index contributed by atoms with van der Waals surface area (Å²) in [4.78, 5) is 70.4. The van der Waals surface area contributed by atoms with E-state index in [-0.39, 0.29) is 44.1 Å². The van der Waals surface area contributed by atoms with Crippen molar-refractivity contribution >= 4 is 35.6 Å². The van der Waals surface area contributed by atoms with Crippen LogP contribution in [-0.2, 0) is 28.8 Å². The van der Waals surface area contributed by atoms with Gasteiger partial charge in [0, 0.05) is 25.8 Å². The van der Waals surface area contributed by atoms with Gasteiger partial charge in [0.2, 0.25) is 23.6 Å². The van der Waals surface area contributed by atoms with Crippen LogP contribution in [0.15, 0.2) is 0 Å². The fourth-order valence-electron chi connectivity index (χ4n) is 2.63. The van der Waals surface area contributed by atoms with E-state index in [4.69, 9.17) is 10.2 Å². The minimum atomic E-state index is -1.15. The Morgan fingerprint density at radius 2 is 1.19 bits per heavy atom. The number of carboxylic acids is 2. The number of aliphatic carboxylic acids is 2. The van der Waals surface area contributed by atoms with E-state index in [9.17, 15) is 28.8 Å². The van der Waals surface area contributed by atoms with Gasteiger partial charge in [-0.05, 0) is 25.2 Å². The Balaban J connectivity index is 4.97. The number of nitrogens with one attached hydrogen (secondary N) is 4. The zero-order chi connectivity index (χ0) is 24.9. The zero-order valence-electron chi connectivity index (χ0n) is 18.9. The van der Waals surface area contributed by atoms with E-state index in [0.29, 0.717) is 0 Å². The maximum absolute atomic E-state index is 12.4. The summed E-state index contributed by atoms with van der Waals surface area (Å²) in [6.07, 6.45) is -0.897. The van der Waals surface area contributed by atoms with Crippen LogP contribution in [0, 0.1) is 5.41 Å². The third-order valence-corrected chi connectivity index (χ3v) is 4.06. The smallest absolute Gasteiger partial charge is 0.303 e. The first kappa shape index (κ1) is 28.8. The lowest BCUT2D eigenvalue weighted by Gasteiger charge is -2.22. The molecule has 0 saturated carbocycles. The third kappa shape index (κ3) is 13.9. The van der Waals surface area contributed by atoms with E-state index >= 15 is 0 Å². The van der Waals surface area contributed by atoms with Gasteiger partial charge in [-0.25, -0.2) is 0 Å². The van der Waals surface area contributed by atoms with Crippen molar-refractivity contribution in [2.45, 2.75) is 71.9 Å². The lowest BCUT2D eigenvalue weighted by molar-refractivity contribution is -0.138. The number of carbonyl (C=O) groups is 6. The zero-order valence-corrected chi connectivity index (χ0v) is 18.9. The standard InChI is InChI=1S/C20H34N4O8/c1-5-21-18(31)12(6-8-16(27)28)24-15(26)11-22-19(32)13(7-9-17(29)30)23-14(25)10-20(2,3)4/h12-13H,5-11H2,1-4H3,(H,21,31)(H,22,32)(H,23,25)(H,24,26)(H,27,28)(H,29,30). The molecule has 2 unspecified atom stereocenters. The number of likely N-dealkylation sites (N-methyl/N-ethyl adjacent to an activating group) is 1. The second kappa shape index (κ2) is 14.0. The topological polar surface area (TPSA) is 191 Å². The first-order valence-corrected chi connectivity index (χ1v) is 10.3. The van der Waals surface area contributed by atoms with Crippen LogP contribution in [0.5, 0.6) is 0 Å². The van der Waals surface area contributed by atoms with Gasteiger partial charge in [0.15, 0.2) is 0 Å². The molecule has 12 nitrogen and oxygen atoms in total. The second-order valence-electron chi connectivity index (χ2n) is 8.45. The average molecular weight is 459 g/mol. The van der Waals surface area contributed by atoms with Gasteiger partial charge in [-0.15, -0.1) is 0 Å². The highest BCUT2D eigenvalue weighted by Gasteiger charge is 2.26. The molecule has 2 atom stereocenters. The predicted octanol–water partition coefficient (Wildman–Crippen LogP) is -0.626. The lowest BCUT2D eigenvalue weighted by Crippen LogP contribution is -2.52. The van der Waals surface area contributed by atoms with Crippen molar-refractivity contribution in [3.8, 4) is 0 Å². The summed E-state index contributed by atoms with van der Waals surface area (Å²) < 4.78 is 0. The number of amides is 4. The van der Waals surface area contributed by atoms with Crippen molar-refractivity contribution in [3.05, 3.63) is 0 Å². The van der Waals surface area contributed by atoms with E-state index in [0.717, 1.165) is 0 Å². The van der Waals surface area contributed by atoms with Crippen LogP contribution >= 0.6 is 0 Å². The first-order valence-electron chi connectivity index (χ1n) is 10.3. The van der Waals surface area contributed by atoms with Crippen molar-refractivity contribution in [2.24, 2.45) is 5.41 Å². The number of hydrogen-bond acceptors (Lipinski definition) is 6. The number of rotatable bonds is 14. The molecule has 0 aromatic rings. The quantitative estimate of drug-likeness (QED) is 0.198. The van der Waals surface area contributed by atoms with Gasteiger partial charge in [-0.1, -0.05) is 20.8 Å². The molecular formula is C20H34N4O8. The summed E-state index contributed by atoms with van der Waals surface area (Å²) >= 11 is 0. The highest BCUT2D eigenvalue weighted by molar-refractivity contribution is 5.92. The van der Waals surface area contributed by atoms with Gasteiger partial charge in [-0.2, -0.15) is 0 Å². The summed E-state index contributed by atoms with van der Waals surface area (Å²) in [6.45, 7) is 6.91. The van der Waals surface area contributed by atoms with E-state index < -0.39 is 54.2 Å². The summed E-state index contributed by atoms with van der Waals surface area (Å²) in [6, 6.07) is -2.25. The Bertz CT molecular complexity index is 702. The van der Waals surface area contributed by atoms with Crippen molar-refractivity contribution in [1.29, 1.82) is 0 Å². The predicted molar refractivity (Wildman–Crippen MR) is 113 cm³/mol. The summed E-state index contributed by atoms with van der Waals surface area (Å²) in [5.74, 6) is -4.75. The summed E-state index contributed by atoms with van der Waals surface area (Å²) in [5.41, 5.74) is -0.345. The molecule has 0 aromatic heterocycles. The first-order chi connectivity index (χ1) is 14.7. The van der Waals surface area contributed by atoms with Crippen molar-refractivity contribution < 1.29 is 39.0 Å². The maximum Gasteiger partial charge on any atom is 0.303 e. The molecule has 0 heterocycles. The molecule has 4 amide bonds. The van der Waals surface area contributed by atoms with E-state index in [1.54, 1.807) is 6.92 Å². The highest BCUT2D eigenvalue weighted by Crippen LogP contribution is 2.18. The Kier molecular flexibility index (Phi) is 12.6. The second-order valence-corrected chi connectivity index (χ2v) is 8.45. The highest BCUT2D eigenvalue weighted by atomic mass is 16.4. The van der Waals surface area contributed by atoms with Crippen molar-refractivity contribution in [2.75, 3.05) is 13.1 Å². The average Bonchev–Trinajstić information content (AvgIpc) is 2.64. The molecule has 0 aromatic carbocycles. The molecule has 0 spiro atoms. The van der Waals surface area contributed by atoms with Crippen LogP contribution in [0.2, 0.25) is 0 Å². The van der Waals surface area contributed by atoms with E-state index in [2.05, 4.69) is 21.3 Å². The molecule has 12 heteroatoms. The molecule has 0 aliphatic carbocycles. The van der Waals surface area contributed by atoms with Crippen LogP contribution in [0.25, 0.3) is 0 Å². The van der Waals surface area contributed by atoms with E-state index in [1.807, 2.05) is 20.8 Å². The van der Waals surface area contributed by atoms with Gasteiger partial charge in [0.25, 0.3) is 0 Å². The van der Waals surface area contributed by atoms with Gasteiger partial charge in [0.1, 0.15) is 12.1 Å². The van der Waals surface area contributed by atoms with Crippen molar-refractivity contribution in [1.82, 2.24) is 21.3 Å². The van der Waals surface area contributed by atoms with Gasteiger partial charge in [-0.3, -0.25) is 28.8 Å². The molecule has 182 valence electrons. The normalized spacial score (nSPS) is 12.8. The molecule has 0 bridgehead atoms. The molecule has 0 fully saturated rings. The minimum Gasteiger partial charge on any atom is -0.481 e. The van der Waals surface area contributed by atoms with Crippen LogP contribution in [0.1, 0.15) is 59.8 Å². The molecule has 0 rings (SSSR count).